The lowest BCUT2D eigenvalue weighted by Crippen LogP contribution is -2.50. The van der Waals surface area contributed by atoms with Crippen LogP contribution in [0.3, 0.4) is 0 Å². The first-order valence-corrected chi connectivity index (χ1v) is 9.33. The molecule has 2 aromatic rings. The van der Waals surface area contributed by atoms with Crippen LogP contribution in [0.15, 0.2) is 35.7 Å². The van der Waals surface area contributed by atoms with Crippen molar-refractivity contribution >= 4 is 23.3 Å². The molecule has 1 unspecified atom stereocenters. The van der Waals surface area contributed by atoms with Crippen LogP contribution in [0.1, 0.15) is 23.2 Å². The third-order valence-electron chi connectivity index (χ3n) is 4.05. The second-order valence-corrected chi connectivity index (χ2v) is 7.22. The van der Waals surface area contributed by atoms with Crippen LogP contribution in [0.25, 0.3) is 6.08 Å². The van der Waals surface area contributed by atoms with Gasteiger partial charge in [0.2, 0.25) is 5.91 Å². The molecule has 6 heteroatoms. The van der Waals surface area contributed by atoms with Gasteiger partial charge >= 0.3 is 0 Å². The van der Waals surface area contributed by atoms with Gasteiger partial charge in [-0.2, -0.15) is 0 Å². The van der Waals surface area contributed by atoms with Crippen LogP contribution in [0.4, 0.5) is 0 Å². The fourth-order valence-corrected chi connectivity index (χ4v) is 3.37. The molecule has 1 saturated heterocycles. The number of para-hydroxylation sites is 1. The molecule has 3 rings (SSSR count). The average molecular weight is 357 g/mol. The number of hydrogen-bond acceptors (Lipinski definition) is 5. The molecule has 0 radical (unpaired) electrons. The fourth-order valence-electron chi connectivity index (χ4n) is 2.77. The number of thiazole rings is 1. The van der Waals surface area contributed by atoms with E-state index in [2.05, 4.69) is 17.2 Å². The zero-order chi connectivity index (χ0) is 17.6. The SMILES string of the molecule is Cc1nc(COc2ccccc2C=CC(=O)N2CCNC(C)C2)cs1. The van der Waals surface area contributed by atoms with E-state index < -0.39 is 0 Å². The lowest BCUT2D eigenvalue weighted by Gasteiger charge is -2.31. The minimum absolute atomic E-state index is 0.0401. The van der Waals surface area contributed by atoms with E-state index in [1.54, 1.807) is 17.4 Å². The van der Waals surface area contributed by atoms with Crippen LogP contribution in [0.5, 0.6) is 5.75 Å². The van der Waals surface area contributed by atoms with E-state index in [4.69, 9.17) is 4.74 Å². The molecule has 2 heterocycles. The van der Waals surface area contributed by atoms with Crippen molar-refractivity contribution in [2.45, 2.75) is 26.5 Å². The van der Waals surface area contributed by atoms with E-state index in [9.17, 15) is 4.79 Å². The highest BCUT2D eigenvalue weighted by Gasteiger charge is 2.18. The van der Waals surface area contributed by atoms with Gasteiger partial charge in [-0.15, -0.1) is 11.3 Å². The number of aromatic nitrogens is 1. The monoisotopic (exact) mass is 357 g/mol. The van der Waals surface area contributed by atoms with Gasteiger partial charge in [-0.25, -0.2) is 4.98 Å². The number of piperazine rings is 1. The highest BCUT2D eigenvalue weighted by Crippen LogP contribution is 2.21. The fraction of sp³-hybridized carbons (Fsp3) is 0.368. The first kappa shape index (κ1) is 17.6. The summed E-state index contributed by atoms with van der Waals surface area (Å²) in [5.74, 6) is 0.796. The molecule has 1 aromatic carbocycles. The number of hydrogen-bond donors (Lipinski definition) is 1. The summed E-state index contributed by atoms with van der Waals surface area (Å²) in [6.07, 6.45) is 3.46. The summed E-state index contributed by atoms with van der Waals surface area (Å²) >= 11 is 1.61. The molecule has 0 saturated carbocycles. The largest absolute Gasteiger partial charge is 0.487 e. The molecule has 25 heavy (non-hydrogen) atoms. The minimum Gasteiger partial charge on any atom is -0.487 e. The number of aryl methyl sites for hydroxylation is 1. The molecule has 1 N–H and O–H groups in total. The predicted octanol–water partition coefficient (Wildman–Crippen LogP) is 2.86. The molecule has 1 atom stereocenters. The summed E-state index contributed by atoms with van der Waals surface area (Å²) in [6, 6.07) is 8.07. The maximum absolute atomic E-state index is 12.4. The van der Waals surface area contributed by atoms with E-state index in [1.807, 2.05) is 47.5 Å². The van der Waals surface area contributed by atoms with Gasteiger partial charge in [-0.3, -0.25) is 4.79 Å². The van der Waals surface area contributed by atoms with E-state index in [1.165, 1.54) is 0 Å². The zero-order valence-corrected chi connectivity index (χ0v) is 15.4. The lowest BCUT2D eigenvalue weighted by atomic mass is 10.1. The molecular formula is C19H23N3O2S. The Kier molecular flexibility index (Phi) is 5.83. The van der Waals surface area contributed by atoms with Crippen molar-refractivity contribution in [3.05, 3.63) is 52.0 Å². The van der Waals surface area contributed by atoms with Gasteiger partial charge < -0.3 is 15.0 Å². The van der Waals surface area contributed by atoms with Crippen molar-refractivity contribution in [1.29, 1.82) is 0 Å². The molecule has 5 nitrogen and oxygen atoms in total. The summed E-state index contributed by atoms with van der Waals surface area (Å²) < 4.78 is 5.89. The number of benzene rings is 1. The van der Waals surface area contributed by atoms with E-state index >= 15 is 0 Å². The minimum atomic E-state index is 0.0401. The smallest absolute Gasteiger partial charge is 0.246 e. The normalized spacial score (nSPS) is 17.8. The molecule has 0 spiro atoms. The van der Waals surface area contributed by atoms with Crippen molar-refractivity contribution < 1.29 is 9.53 Å². The Balaban J connectivity index is 1.64. The molecule has 0 aliphatic carbocycles. The van der Waals surface area contributed by atoms with Gasteiger partial charge in [0, 0.05) is 42.7 Å². The number of carbonyl (C=O) groups is 1. The number of amides is 1. The van der Waals surface area contributed by atoms with E-state index in [0.717, 1.165) is 41.6 Å². The van der Waals surface area contributed by atoms with Crippen LogP contribution < -0.4 is 10.1 Å². The summed E-state index contributed by atoms with van der Waals surface area (Å²) in [7, 11) is 0. The number of ether oxygens (including phenoxy) is 1. The first-order chi connectivity index (χ1) is 12.1. The number of nitrogens with zero attached hydrogens (tertiary/aromatic N) is 2. The predicted molar refractivity (Wildman–Crippen MR) is 101 cm³/mol. The Hall–Kier alpha value is -2.18. The Morgan fingerprint density at radius 2 is 2.32 bits per heavy atom. The van der Waals surface area contributed by atoms with Crippen LogP contribution >= 0.6 is 11.3 Å². The van der Waals surface area contributed by atoms with Gasteiger partial charge in [0.1, 0.15) is 12.4 Å². The molecular weight excluding hydrogens is 334 g/mol. The topological polar surface area (TPSA) is 54.5 Å². The van der Waals surface area contributed by atoms with Crippen LogP contribution in [0, 0.1) is 6.92 Å². The summed E-state index contributed by atoms with van der Waals surface area (Å²) in [4.78, 5) is 18.7. The zero-order valence-electron chi connectivity index (χ0n) is 14.6. The Morgan fingerprint density at radius 1 is 1.48 bits per heavy atom. The molecule has 1 aliphatic rings. The van der Waals surface area contributed by atoms with Crippen molar-refractivity contribution in [2.24, 2.45) is 0 Å². The van der Waals surface area contributed by atoms with Crippen molar-refractivity contribution in [2.75, 3.05) is 19.6 Å². The summed E-state index contributed by atoms with van der Waals surface area (Å²) in [5, 5.41) is 6.37. The molecule has 1 aromatic heterocycles. The van der Waals surface area contributed by atoms with Gasteiger partial charge in [0.05, 0.1) is 10.7 Å². The maximum Gasteiger partial charge on any atom is 0.246 e. The Bertz CT molecular complexity index is 757. The Morgan fingerprint density at radius 3 is 3.08 bits per heavy atom. The highest BCUT2D eigenvalue weighted by molar-refractivity contribution is 7.09. The number of nitrogens with one attached hydrogen (secondary N) is 1. The van der Waals surface area contributed by atoms with Gasteiger partial charge in [0.25, 0.3) is 0 Å². The van der Waals surface area contributed by atoms with Crippen LogP contribution in [-0.4, -0.2) is 41.5 Å². The third-order valence-corrected chi connectivity index (χ3v) is 4.87. The summed E-state index contributed by atoms with van der Waals surface area (Å²) in [5.41, 5.74) is 1.82. The lowest BCUT2D eigenvalue weighted by molar-refractivity contribution is -0.127. The van der Waals surface area contributed by atoms with Crippen molar-refractivity contribution in [3.63, 3.8) is 0 Å². The molecule has 1 aliphatic heterocycles. The molecule has 132 valence electrons. The summed E-state index contributed by atoms with van der Waals surface area (Å²) in [6.45, 7) is 6.82. The van der Waals surface area contributed by atoms with Gasteiger partial charge in [0.15, 0.2) is 0 Å². The van der Waals surface area contributed by atoms with Crippen LogP contribution in [0.2, 0.25) is 0 Å². The first-order valence-electron chi connectivity index (χ1n) is 8.45. The second kappa shape index (κ2) is 8.27. The molecule has 1 fully saturated rings. The van der Waals surface area contributed by atoms with Gasteiger partial charge in [-0.05, 0) is 26.0 Å². The van der Waals surface area contributed by atoms with Crippen LogP contribution in [-0.2, 0) is 11.4 Å². The maximum atomic E-state index is 12.4. The number of rotatable bonds is 5. The van der Waals surface area contributed by atoms with Crippen molar-refractivity contribution in [1.82, 2.24) is 15.2 Å². The molecule has 0 bridgehead atoms. The highest BCUT2D eigenvalue weighted by atomic mass is 32.1. The average Bonchev–Trinajstić information content (AvgIpc) is 3.04. The van der Waals surface area contributed by atoms with E-state index in [-0.39, 0.29) is 5.91 Å². The Labute approximate surface area is 152 Å². The van der Waals surface area contributed by atoms with Crippen molar-refractivity contribution in [3.8, 4) is 5.75 Å². The second-order valence-electron chi connectivity index (χ2n) is 6.16. The molecule has 1 amide bonds. The quantitative estimate of drug-likeness (QED) is 0.836. The van der Waals surface area contributed by atoms with E-state index in [0.29, 0.717) is 12.6 Å². The standard InChI is InChI=1S/C19H23N3O2S/c1-14-11-22(10-9-20-14)19(23)8-7-16-5-3-4-6-18(16)24-12-17-13-25-15(2)21-17/h3-8,13-14,20H,9-12H2,1-2H3. The van der Waals surface area contributed by atoms with Gasteiger partial charge in [-0.1, -0.05) is 18.2 Å². The third kappa shape index (κ3) is 4.90. The number of carbonyl (C=O) groups excluding carboxylic acids is 1.